The normalized spacial score (nSPS) is 10.3. The number of aromatic nitrogens is 3. The molecule has 0 spiro atoms. The van der Waals surface area contributed by atoms with Gasteiger partial charge in [0, 0.05) is 4.90 Å². The number of aromatic amines is 1. The molecule has 2 N–H and O–H groups in total. The Balaban J connectivity index is 1.73. The van der Waals surface area contributed by atoms with Crippen molar-refractivity contribution < 1.29 is 4.79 Å². The standard InChI is InChI=1S/C12H14N4OS/c1-9-2-4-10(5-3-9)18-7-12(17)13-6-11-14-8-15-16-11/h2-5,8H,6-7H2,1H3,(H,13,17)(H,14,15,16). The lowest BCUT2D eigenvalue weighted by Gasteiger charge is -2.03. The van der Waals surface area contributed by atoms with Gasteiger partial charge in [0.15, 0.2) is 0 Å². The molecule has 0 saturated heterocycles. The summed E-state index contributed by atoms with van der Waals surface area (Å²) < 4.78 is 0. The van der Waals surface area contributed by atoms with Gasteiger partial charge in [0.05, 0.1) is 12.3 Å². The van der Waals surface area contributed by atoms with Crippen LogP contribution < -0.4 is 5.32 Å². The van der Waals surface area contributed by atoms with Crippen LogP contribution in [0.25, 0.3) is 0 Å². The largest absolute Gasteiger partial charge is 0.348 e. The number of aryl methyl sites for hydroxylation is 1. The van der Waals surface area contributed by atoms with E-state index < -0.39 is 0 Å². The number of hydrogen-bond acceptors (Lipinski definition) is 4. The third-order valence-corrected chi connectivity index (χ3v) is 3.32. The highest BCUT2D eigenvalue weighted by atomic mass is 32.2. The van der Waals surface area contributed by atoms with Crippen LogP contribution in [0.3, 0.4) is 0 Å². The molecule has 0 atom stereocenters. The van der Waals surface area contributed by atoms with E-state index in [1.54, 1.807) is 0 Å². The molecule has 0 aliphatic heterocycles. The van der Waals surface area contributed by atoms with Crippen molar-refractivity contribution >= 4 is 17.7 Å². The molecule has 1 heterocycles. The molecule has 1 amide bonds. The molecular formula is C12H14N4OS. The minimum atomic E-state index is -0.0167. The van der Waals surface area contributed by atoms with E-state index in [0.29, 0.717) is 18.1 Å². The topological polar surface area (TPSA) is 70.7 Å². The van der Waals surface area contributed by atoms with Crippen molar-refractivity contribution in [2.24, 2.45) is 0 Å². The van der Waals surface area contributed by atoms with Crippen LogP contribution in [-0.4, -0.2) is 26.8 Å². The second-order valence-corrected chi connectivity index (χ2v) is 4.86. The summed E-state index contributed by atoms with van der Waals surface area (Å²) in [5.74, 6) is 1.04. The zero-order valence-electron chi connectivity index (χ0n) is 10.0. The van der Waals surface area contributed by atoms with Crippen LogP contribution in [0, 0.1) is 6.92 Å². The lowest BCUT2D eigenvalue weighted by Crippen LogP contribution is -2.25. The maximum atomic E-state index is 11.6. The second-order valence-electron chi connectivity index (χ2n) is 3.81. The van der Waals surface area contributed by atoms with E-state index in [-0.39, 0.29) is 5.91 Å². The lowest BCUT2D eigenvalue weighted by atomic mass is 10.2. The van der Waals surface area contributed by atoms with E-state index in [1.165, 1.54) is 23.7 Å². The molecule has 0 radical (unpaired) electrons. The molecule has 2 aromatic rings. The van der Waals surface area contributed by atoms with Crippen molar-refractivity contribution in [1.82, 2.24) is 20.5 Å². The Hall–Kier alpha value is -1.82. The van der Waals surface area contributed by atoms with Gasteiger partial charge in [-0.15, -0.1) is 11.8 Å². The molecule has 1 aromatic carbocycles. The van der Waals surface area contributed by atoms with Crippen molar-refractivity contribution in [3.63, 3.8) is 0 Å². The van der Waals surface area contributed by atoms with Gasteiger partial charge in [-0.25, -0.2) is 4.98 Å². The summed E-state index contributed by atoms with van der Waals surface area (Å²) in [7, 11) is 0. The van der Waals surface area contributed by atoms with Crippen molar-refractivity contribution in [1.29, 1.82) is 0 Å². The van der Waals surface area contributed by atoms with E-state index in [9.17, 15) is 4.79 Å². The maximum absolute atomic E-state index is 11.6. The number of nitrogens with zero attached hydrogens (tertiary/aromatic N) is 2. The summed E-state index contributed by atoms with van der Waals surface area (Å²) in [4.78, 5) is 16.6. The second kappa shape index (κ2) is 6.20. The minimum Gasteiger partial charge on any atom is -0.348 e. The number of H-pyrrole nitrogens is 1. The number of hydrogen-bond donors (Lipinski definition) is 2. The van der Waals surface area contributed by atoms with Gasteiger partial charge in [-0.2, -0.15) is 5.10 Å². The minimum absolute atomic E-state index is 0.0167. The van der Waals surface area contributed by atoms with E-state index in [1.807, 2.05) is 31.2 Å². The van der Waals surface area contributed by atoms with Crippen molar-refractivity contribution in [3.05, 3.63) is 42.0 Å². The van der Waals surface area contributed by atoms with Gasteiger partial charge in [-0.3, -0.25) is 9.89 Å². The fourth-order valence-corrected chi connectivity index (χ4v) is 2.06. The number of thioether (sulfide) groups is 1. The van der Waals surface area contributed by atoms with Crippen molar-refractivity contribution in [2.75, 3.05) is 5.75 Å². The van der Waals surface area contributed by atoms with Gasteiger partial charge < -0.3 is 5.32 Å². The van der Waals surface area contributed by atoms with E-state index in [0.717, 1.165) is 4.90 Å². The zero-order chi connectivity index (χ0) is 12.8. The van der Waals surface area contributed by atoms with Gasteiger partial charge >= 0.3 is 0 Å². The van der Waals surface area contributed by atoms with Crippen LogP contribution >= 0.6 is 11.8 Å². The number of carbonyl (C=O) groups excluding carboxylic acids is 1. The molecule has 0 saturated carbocycles. The molecule has 94 valence electrons. The van der Waals surface area contributed by atoms with Crippen molar-refractivity contribution in [3.8, 4) is 0 Å². The highest BCUT2D eigenvalue weighted by Gasteiger charge is 2.03. The van der Waals surface area contributed by atoms with Crippen LogP contribution in [0.4, 0.5) is 0 Å². The van der Waals surface area contributed by atoms with Gasteiger partial charge in [0.25, 0.3) is 0 Å². The first-order valence-corrected chi connectivity index (χ1v) is 6.53. The van der Waals surface area contributed by atoms with E-state index in [4.69, 9.17) is 0 Å². The van der Waals surface area contributed by atoms with Gasteiger partial charge in [0.1, 0.15) is 12.2 Å². The molecule has 0 aliphatic rings. The Kier molecular flexibility index (Phi) is 4.35. The average molecular weight is 262 g/mol. The Labute approximate surface area is 109 Å². The van der Waals surface area contributed by atoms with Crippen LogP contribution in [-0.2, 0) is 11.3 Å². The lowest BCUT2D eigenvalue weighted by molar-refractivity contribution is -0.118. The number of rotatable bonds is 5. The Bertz CT molecular complexity index is 495. The van der Waals surface area contributed by atoms with Crippen LogP contribution in [0.1, 0.15) is 11.4 Å². The number of amides is 1. The monoisotopic (exact) mass is 262 g/mol. The SMILES string of the molecule is Cc1ccc(SCC(=O)NCc2ncn[nH]2)cc1. The molecular weight excluding hydrogens is 248 g/mol. The molecule has 5 nitrogen and oxygen atoms in total. The summed E-state index contributed by atoms with van der Waals surface area (Å²) in [6, 6.07) is 8.11. The van der Waals surface area contributed by atoms with Gasteiger partial charge in [-0.05, 0) is 19.1 Å². The molecule has 0 aliphatic carbocycles. The summed E-state index contributed by atoms with van der Waals surface area (Å²) in [6.07, 6.45) is 1.42. The van der Waals surface area contributed by atoms with Gasteiger partial charge in [0.2, 0.25) is 5.91 Å². The zero-order valence-corrected chi connectivity index (χ0v) is 10.8. The quantitative estimate of drug-likeness (QED) is 0.802. The fraction of sp³-hybridized carbons (Fsp3) is 0.250. The van der Waals surface area contributed by atoms with E-state index >= 15 is 0 Å². The third-order valence-electron chi connectivity index (χ3n) is 2.31. The number of benzene rings is 1. The molecule has 2 rings (SSSR count). The molecule has 18 heavy (non-hydrogen) atoms. The Morgan fingerprint density at radius 2 is 2.17 bits per heavy atom. The molecule has 0 bridgehead atoms. The summed E-state index contributed by atoms with van der Waals surface area (Å²) >= 11 is 1.52. The van der Waals surface area contributed by atoms with Crippen LogP contribution in [0.15, 0.2) is 35.5 Å². The Morgan fingerprint density at radius 1 is 1.39 bits per heavy atom. The summed E-state index contributed by atoms with van der Waals surface area (Å²) in [6.45, 7) is 2.42. The smallest absolute Gasteiger partial charge is 0.230 e. The summed E-state index contributed by atoms with van der Waals surface area (Å²) in [5, 5.41) is 9.17. The van der Waals surface area contributed by atoms with E-state index in [2.05, 4.69) is 20.5 Å². The molecule has 0 fully saturated rings. The fourth-order valence-electron chi connectivity index (χ4n) is 1.33. The van der Waals surface area contributed by atoms with Crippen LogP contribution in [0.2, 0.25) is 0 Å². The summed E-state index contributed by atoms with van der Waals surface area (Å²) in [5.41, 5.74) is 1.22. The Morgan fingerprint density at radius 3 is 2.83 bits per heavy atom. The highest BCUT2D eigenvalue weighted by molar-refractivity contribution is 8.00. The third kappa shape index (κ3) is 3.89. The highest BCUT2D eigenvalue weighted by Crippen LogP contribution is 2.17. The number of nitrogens with one attached hydrogen (secondary N) is 2. The molecule has 6 heteroatoms. The van der Waals surface area contributed by atoms with Crippen molar-refractivity contribution in [2.45, 2.75) is 18.4 Å². The predicted octanol–water partition coefficient (Wildman–Crippen LogP) is 1.52. The number of carbonyl (C=O) groups is 1. The van der Waals surface area contributed by atoms with Crippen LogP contribution in [0.5, 0.6) is 0 Å². The maximum Gasteiger partial charge on any atom is 0.230 e. The first kappa shape index (κ1) is 12.6. The average Bonchev–Trinajstić information content (AvgIpc) is 2.89. The predicted molar refractivity (Wildman–Crippen MR) is 70.1 cm³/mol. The molecule has 1 aromatic heterocycles. The molecule has 0 unspecified atom stereocenters. The van der Waals surface area contributed by atoms with Gasteiger partial charge in [-0.1, -0.05) is 17.7 Å². The first-order chi connectivity index (χ1) is 8.74. The first-order valence-electron chi connectivity index (χ1n) is 5.54.